The molecule has 8 heteroatoms. The Bertz CT molecular complexity index is 501. The Morgan fingerprint density at radius 1 is 1.14 bits per heavy atom. The lowest BCUT2D eigenvalue weighted by Crippen LogP contribution is -2.55. The van der Waals surface area contributed by atoms with Crippen molar-refractivity contribution in [3.05, 3.63) is 11.6 Å². The third-order valence-electron chi connectivity index (χ3n) is 3.81. The molecule has 1 aliphatic rings. The molecule has 1 aromatic heterocycles. The molecule has 2 unspecified atom stereocenters. The van der Waals surface area contributed by atoms with E-state index in [1.165, 1.54) is 0 Å². The lowest BCUT2D eigenvalue weighted by Gasteiger charge is -2.44. The largest absolute Gasteiger partial charge is 0.451 e. The molecule has 0 aliphatic carbocycles. The number of nitrogens with two attached hydrogens (primary N) is 1. The van der Waals surface area contributed by atoms with Crippen molar-refractivity contribution in [3.63, 3.8) is 0 Å². The van der Waals surface area contributed by atoms with Crippen LogP contribution in [0.1, 0.15) is 39.3 Å². The smallest absolute Gasteiger partial charge is 0.327 e. The summed E-state index contributed by atoms with van der Waals surface area (Å²) in [6, 6.07) is -0.0150. The molecule has 0 saturated carbocycles. The lowest BCUT2D eigenvalue weighted by molar-refractivity contribution is -0.148. The SMILES string of the molecule is CC(N)C(N1CCn2c(nnc2C(F)(F)F)C1)C(C)(C)C. The average Bonchev–Trinajstić information content (AvgIpc) is 2.68. The van der Waals surface area contributed by atoms with Crippen LogP contribution in [0.25, 0.3) is 0 Å². The van der Waals surface area contributed by atoms with Gasteiger partial charge in [0, 0.05) is 25.2 Å². The summed E-state index contributed by atoms with van der Waals surface area (Å²) in [5, 5.41) is 7.01. The number of hydrogen-bond acceptors (Lipinski definition) is 4. The van der Waals surface area contributed by atoms with Crippen LogP contribution in [0, 0.1) is 5.41 Å². The molecule has 1 aliphatic heterocycles. The first kappa shape index (κ1) is 16.2. The number of nitrogens with zero attached hydrogens (tertiary/aromatic N) is 4. The lowest BCUT2D eigenvalue weighted by atomic mass is 9.81. The molecular formula is C13H22F3N5. The molecule has 0 amide bonds. The highest BCUT2D eigenvalue weighted by atomic mass is 19.4. The zero-order valence-electron chi connectivity index (χ0n) is 12.8. The van der Waals surface area contributed by atoms with Crippen LogP contribution in [0.5, 0.6) is 0 Å². The number of alkyl halides is 3. The summed E-state index contributed by atoms with van der Waals surface area (Å²) in [6.07, 6.45) is -4.46. The normalized spacial score (nSPS) is 20.2. The minimum absolute atomic E-state index is 0.0663. The first-order valence-corrected chi connectivity index (χ1v) is 7.00. The van der Waals surface area contributed by atoms with Crippen LogP contribution in [0.15, 0.2) is 0 Å². The van der Waals surface area contributed by atoms with E-state index in [2.05, 4.69) is 35.9 Å². The van der Waals surface area contributed by atoms with Gasteiger partial charge in [-0.1, -0.05) is 20.8 Å². The van der Waals surface area contributed by atoms with Crippen LogP contribution in [0.4, 0.5) is 13.2 Å². The predicted molar refractivity (Wildman–Crippen MR) is 72.3 cm³/mol. The maximum atomic E-state index is 12.8. The van der Waals surface area contributed by atoms with Gasteiger partial charge in [-0.05, 0) is 12.3 Å². The van der Waals surface area contributed by atoms with Crippen LogP contribution in [-0.4, -0.2) is 38.3 Å². The molecule has 0 saturated heterocycles. The van der Waals surface area contributed by atoms with E-state index < -0.39 is 12.0 Å². The zero-order valence-corrected chi connectivity index (χ0v) is 12.8. The first-order valence-electron chi connectivity index (χ1n) is 7.00. The minimum atomic E-state index is -4.46. The second-order valence-corrected chi connectivity index (χ2v) is 6.73. The van der Waals surface area contributed by atoms with Crippen LogP contribution in [0.2, 0.25) is 0 Å². The van der Waals surface area contributed by atoms with Gasteiger partial charge in [-0.3, -0.25) is 4.90 Å². The van der Waals surface area contributed by atoms with Gasteiger partial charge in [-0.25, -0.2) is 0 Å². The number of halogens is 3. The number of rotatable bonds is 2. The highest BCUT2D eigenvalue weighted by Crippen LogP contribution is 2.32. The monoisotopic (exact) mass is 305 g/mol. The van der Waals surface area contributed by atoms with Crippen molar-refractivity contribution < 1.29 is 13.2 Å². The Morgan fingerprint density at radius 2 is 1.76 bits per heavy atom. The highest BCUT2D eigenvalue weighted by Gasteiger charge is 2.41. The van der Waals surface area contributed by atoms with E-state index in [9.17, 15) is 13.2 Å². The fourth-order valence-corrected chi connectivity index (χ4v) is 3.29. The summed E-state index contributed by atoms with van der Waals surface area (Å²) >= 11 is 0. The molecule has 2 heterocycles. The highest BCUT2D eigenvalue weighted by molar-refractivity contribution is 5.04. The first-order chi connectivity index (χ1) is 9.51. The van der Waals surface area contributed by atoms with E-state index in [1.54, 1.807) is 0 Å². The fraction of sp³-hybridized carbons (Fsp3) is 0.846. The van der Waals surface area contributed by atoms with Crippen LogP contribution in [-0.2, 0) is 19.3 Å². The molecular weight excluding hydrogens is 283 g/mol. The summed E-state index contributed by atoms with van der Waals surface area (Å²) in [6.45, 7) is 9.27. The molecule has 120 valence electrons. The fourth-order valence-electron chi connectivity index (χ4n) is 3.29. The van der Waals surface area contributed by atoms with Crippen LogP contribution < -0.4 is 5.73 Å². The Labute approximate surface area is 122 Å². The number of hydrogen-bond donors (Lipinski definition) is 1. The second-order valence-electron chi connectivity index (χ2n) is 6.73. The molecule has 1 aromatic rings. The third kappa shape index (κ3) is 3.21. The summed E-state index contributed by atoms with van der Waals surface area (Å²) in [5.74, 6) is -0.561. The zero-order chi connectivity index (χ0) is 16.0. The van der Waals surface area contributed by atoms with E-state index in [0.29, 0.717) is 18.9 Å². The Kier molecular flexibility index (Phi) is 4.05. The predicted octanol–water partition coefficient (Wildman–Crippen LogP) is 1.87. The summed E-state index contributed by atoms with van der Waals surface area (Å²) in [4.78, 5) is 2.11. The molecule has 5 nitrogen and oxygen atoms in total. The number of fused-ring (bicyclic) bond motifs is 1. The molecule has 0 spiro atoms. The summed E-state index contributed by atoms with van der Waals surface area (Å²) < 4.78 is 39.6. The van der Waals surface area contributed by atoms with Gasteiger partial charge in [-0.15, -0.1) is 10.2 Å². The van der Waals surface area contributed by atoms with Gasteiger partial charge in [0.05, 0.1) is 6.54 Å². The maximum Gasteiger partial charge on any atom is 0.451 e. The maximum absolute atomic E-state index is 12.8. The van der Waals surface area contributed by atoms with Crippen LogP contribution in [0.3, 0.4) is 0 Å². The second kappa shape index (κ2) is 5.24. The van der Waals surface area contributed by atoms with Crippen molar-refractivity contribution in [1.29, 1.82) is 0 Å². The topological polar surface area (TPSA) is 60.0 Å². The van der Waals surface area contributed by atoms with Crippen molar-refractivity contribution in [2.75, 3.05) is 6.54 Å². The van der Waals surface area contributed by atoms with Crippen LogP contribution >= 0.6 is 0 Å². The van der Waals surface area contributed by atoms with Gasteiger partial charge in [0.2, 0.25) is 5.82 Å². The van der Waals surface area contributed by atoms with Gasteiger partial charge in [0.1, 0.15) is 5.82 Å². The summed E-state index contributed by atoms with van der Waals surface area (Å²) in [5.41, 5.74) is 6.02. The van der Waals surface area contributed by atoms with E-state index in [4.69, 9.17) is 5.73 Å². The van der Waals surface area contributed by atoms with Gasteiger partial charge >= 0.3 is 6.18 Å². The average molecular weight is 305 g/mol. The van der Waals surface area contributed by atoms with Gasteiger partial charge in [-0.2, -0.15) is 13.2 Å². The molecule has 2 rings (SSSR count). The Hall–Kier alpha value is -1.15. The van der Waals surface area contributed by atoms with Gasteiger partial charge in [0.15, 0.2) is 0 Å². The van der Waals surface area contributed by atoms with E-state index in [-0.39, 0.29) is 24.0 Å². The molecule has 0 radical (unpaired) electrons. The van der Waals surface area contributed by atoms with Gasteiger partial charge in [0.25, 0.3) is 0 Å². The van der Waals surface area contributed by atoms with Crippen molar-refractivity contribution in [2.45, 2.75) is 59.0 Å². The summed E-state index contributed by atoms with van der Waals surface area (Å²) in [7, 11) is 0. The van der Waals surface area contributed by atoms with E-state index >= 15 is 0 Å². The third-order valence-corrected chi connectivity index (χ3v) is 3.81. The van der Waals surface area contributed by atoms with Crippen molar-refractivity contribution >= 4 is 0 Å². The number of aromatic nitrogens is 3. The van der Waals surface area contributed by atoms with E-state index in [1.807, 2.05) is 6.92 Å². The van der Waals surface area contributed by atoms with Gasteiger partial charge < -0.3 is 10.3 Å². The molecule has 0 fully saturated rings. The van der Waals surface area contributed by atoms with E-state index in [0.717, 1.165) is 4.57 Å². The van der Waals surface area contributed by atoms with Crippen molar-refractivity contribution in [1.82, 2.24) is 19.7 Å². The molecule has 0 bridgehead atoms. The molecule has 2 atom stereocenters. The molecule has 2 N–H and O–H groups in total. The molecule has 21 heavy (non-hydrogen) atoms. The Balaban J connectivity index is 2.26. The molecule has 0 aromatic carbocycles. The van der Waals surface area contributed by atoms with Crippen molar-refractivity contribution in [2.24, 2.45) is 11.1 Å². The Morgan fingerprint density at radius 3 is 2.24 bits per heavy atom. The minimum Gasteiger partial charge on any atom is -0.327 e. The quantitative estimate of drug-likeness (QED) is 0.906. The standard InChI is InChI=1S/C13H22F3N5/c1-8(17)10(12(2,3)4)20-5-6-21-9(7-20)18-19-11(21)13(14,15)16/h8,10H,5-7,17H2,1-4H3. The van der Waals surface area contributed by atoms with Crippen molar-refractivity contribution in [3.8, 4) is 0 Å².